The summed E-state index contributed by atoms with van der Waals surface area (Å²) in [6.07, 6.45) is -3.97. The number of halogens is 6. The number of carbonyl (C=O) groups excluding carboxylic acids is 1. The third-order valence-electron chi connectivity index (χ3n) is 5.03. The smallest absolute Gasteiger partial charge is 0.455 e. The van der Waals surface area contributed by atoms with Crippen LogP contribution in [0.3, 0.4) is 0 Å². The highest BCUT2D eigenvalue weighted by molar-refractivity contribution is 9.10. The van der Waals surface area contributed by atoms with Crippen molar-refractivity contribution < 1.29 is 22.7 Å². The first-order valence-corrected chi connectivity index (χ1v) is 10.3. The lowest BCUT2D eigenvalue weighted by Crippen LogP contribution is -2.52. The van der Waals surface area contributed by atoms with E-state index < -0.39 is 24.2 Å². The predicted octanol–water partition coefficient (Wildman–Crippen LogP) is 6.25. The van der Waals surface area contributed by atoms with Crippen LogP contribution in [0.4, 0.5) is 18.9 Å². The Labute approximate surface area is 183 Å². The maximum Gasteiger partial charge on any atom is 0.471 e. The molecule has 1 N–H and O–H groups in total. The topological polar surface area (TPSA) is 41.6 Å². The highest BCUT2D eigenvalue weighted by atomic mass is 79.9. The van der Waals surface area contributed by atoms with Crippen molar-refractivity contribution in [2.45, 2.75) is 31.1 Å². The summed E-state index contributed by atoms with van der Waals surface area (Å²) in [5.74, 6) is -1.04. The molecule has 29 heavy (non-hydrogen) atoms. The fourth-order valence-electron chi connectivity index (χ4n) is 3.84. The summed E-state index contributed by atoms with van der Waals surface area (Å²) in [5, 5.41) is 2.78. The number of rotatable bonds is 1. The Bertz CT molecular complexity index is 987. The van der Waals surface area contributed by atoms with E-state index in [0.717, 1.165) is 4.47 Å². The van der Waals surface area contributed by atoms with Gasteiger partial charge in [0, 0.05) is 22.6 Å². The van der Waals surface area contributed by atoms with Gasteiger partial charge in [0.15, 0.2) is 5.75 Å². The average Bonchev–Trinajstić information content (AvgIpc) is 2.76. The van der Waals surface area contributed by atoms with Gasteiger partial charge in [0.1, 0.15) is 5.75 Å². The van der Waals surface area contributed by atoms with Gasteiger partial charge in [-0.05, 0) is 31.0 Å². The van der Waals surface area contributed by atoms with Crippen LogP contribution >= 0.6 is 39.1 Å². The largest absolute Gasteiger partial charge is 0.471 e. The minimum atomic E-state index is -4.96. The van der Waals surface area contributed by atoms with Gasteiger partial charge >= 0.3 is 12.1 Å². The third kappa shape index (κ3) is 3.90. The Morgan fingerprint density at radius 2 is 1.90 bits per heavy atom. The van der Waals surface area contributed by atoms with Gasteiger partial charge in [-0.25, -0.2) is 0 Å². The molecule has 0 unspecified atom stereocenters. The lowest BCUT2D eigenvalue weighted by molar-refractivity contribution is -0.174. The number of anilines is 1. The minimum absolute atomic E-state index is 0.305. The maximum absolute atomic E-state index is 12.9. The average molecular weight is 510 g/mol. The van der Waals surface area contributed by atoms with Gasteiger partial charge in [0.25, 0.3) is 0 Å². The number of nitrogens with one attached hydrogen (secondary N) is 1. The molecule has 4 rings (SSSR count). The normalized spacial score (nSPS) is 20.7. The number of benzene rings is 2. The summed E-state index contributed by atoms with van der Waals surface area (Å²) < 4.78 is 45.5. The Kier molecular flexibility index (Phi) is 5.38. The van der Waals surface area contributed by atoms with E-state index in [-0.39, 0.29) is 0 Å². The molecule has 2 aliphatic heterocycles. The van der Waals surface area contributed by atoms with Crippen LogP contribution in [0.5, 0.6) is 11.5 Å². The van der Waals surface area contributed by atoms with Crippen molar-refractivity contribution in [1.29, 1.82) is 0 Å². The first-order valence-electron chi connectivity index (χ1n) is 8.76. The Balaban J connectivity index is 1.85. The van der Waals surface area contributed by atoms with E-state index in [1.165, 1.54) is 0 Å². The third-order valence-corrected chi connectivity index (χ3v) is 6.25. The van der Waals surface area contributed by atoms with Crippen molar-refractivity contribution in [3.8, 4) is 11.5 Å². The highest BCUT2D eigenvalue weighted by Crippen LogP contribution is 2.50. The molecule has 1 amide bonds. The predicted molar refractivity (Wildman–Crippen MR) is 108 cm³/mol. The highest BCUT2D eigenvalue weighted by Gasteiger charge is 2.44. The summed E-state index contributed by atoms with van der Waals surface area (Å²) in [4.78, 5) is 13.6. The van der Waals surface area contributed by atoms with Gasteiger partial charge in [0.2, 0.25) is 0 Å². The second-order valence-corrected chi connectivity index (χ2v) is 8.61. The molecule has 0 aromatic heterocycles. The molecule has 2 aromatic carbocycles. The van der Waals surface area contributed by atoms with Crippen LogP contribution in [-0.2, 0) is 4.79 Å². The summed E-state index contributed by atoms with van der Waals surface area (Å²) in [7, 11) is 0. The van der Waals surface area contributed by atoms with Crippen molar-refractivity contribution in [2.24, 2.45) is 0 Å². The van der Waals surface area contributed by atoms with E-state index >= 15 is 0 Å². The fraction of sp³-hybridized carbons (Fsp3) is 0.316. The van der Waals surface area contributed by atoms with Crippen molar-refractivity contribution in [3.63, 3.8) is 0 Å². The zero-order valence-electron chi connectivity index (χ0n) is 14.7. The molecule has 0 saturated carbocycles. The van der Waals surface area contributed by atoms with E-state index in [2.05, 4.69) is 21.2 Å². The van der Waals surface area contributed by atoms with Gasteiger partial charge in [-0.3, -0.25) is 4.79 Å². The first-order chi connectivity index (χ1) is 13.6. The number of nitrogens with zero attached hydrogens (tertiary/aromatic N) is 1. The van der Waals surface area contributed by atoms with E-state index in [1.54, 1.807) is 30.3 Å². The molecule has 0 aliphatic carbocycles. The molecule has 2 heterocycles. The Morgan fingerprint density at radius 1 is 1.17 bits per heavy atom. The lowest BCUT2D eigenvalue weighted by Gasteiger charge is -2.42. The van der Waals surface area contributed by atoms with Crippen LogP contribution in [0, 0.1) is 0 Å². The van der Waals surface area contributed by atoms with E-state index in [4.69, 9.17) is 27.9 Å². The quantitative estimate of drug-likeness (QED) is 0.494. The molecule has 1 fully saturated rings. The minimum Gasteiger partial charge on any atom is -0.455 e. The summed E-state index contributed by atoms with van der Waals surface area (Å²) in [6.45, 7) is 0.562. The summed E-state index contributed by atoms with van der Waals surface area (Å²) >= 11 is 15.8. The molecule has 154 valence electrons. The molecule has 2 aromatic rings. The second kappa shape index (κ2) is 7.56. The van der Waals surface area contributed by atoms with Gasteiger partial charge in [-0.1, -0.05) is 45.2 Å². The monoisotopic (exact) mass is 508 g/mol. The van der Waals surface area contributed by atoms with E-state index in [1.807, 2.05) is 4.90 Å². The molecule has 2 atom stereocenters. The summed E-state index contributed by atoms with van der Waals surface area (Å²) in [5.41, 5.74) is 1.28. The molecular weight excluding hydrogens is 496 g/mol. The van der Waals surface area contributed by atoms with Crippen molar-refractivity contribution >= 4 is 50.7 Å². The van der Waals surface area contributed by atoms with Crippen LogP contribution in [-0.4, -0.2) is 24.7 Å². The number of alkyl halides is 3. The number of hydrogen-bond donors (Lipinski definition) is 1. The van der Waals surface area contributed by atoms with Crippen LogP contribution < -0.4 is 15.0 Å². The molecule has 0 radical (unpaired) electrons. The van der Waals surface area contributed by atoms with E-state index in [9.17, 15) is 18.0 Å². The van der Waals surface area contributed by atoms with Gasteiger partial charge < -0.3 is 15.0 Å². The number of fused-ring (bicyclic) bond motifs is 5. The zero-order valence-corrected chi connectivity index (χ0v) is 17.8. The fourth-order valence-corrected chi connectivity index (χ4v) is 4.49. The van der Waals surface area contributed by atoms with Crippen molar-refractivity contribution in [2.75, 3.05) is 11.4 Å². The van der Waals surface area contributed by atoms with Crippen molar-refractivity contribution in [1.82, 2.24) is 5.32 Å². The molecule has 1 saturated heterocycles. The Hall–Kier alpha value is -1.64. The van der Waals surface area contributed by atoms with E-state index in [0.29, 0.717) is 52.2 Å². The zero-order chi connectivity index (χ0) is 20.9. The lowest BCUT2D eigenvalue weighted by atomic mass is 9.89. The number of ether oxygens (including phenoxy) is 1. The molecule has 2 aliphatic rings. The molecule has 0 bridgehead atoms. The molecule has 4 nitrogen and oxygen atoms in total. The first kappa shape index (κ1) is 20.6. The van der Waals surface area contributed by atoms with Gasteiger partial charge in [-0.2, -0.15) is 13.2 Å². The number of piperidine rings is 1. The molecule has 10 heteroatoms. The Morgan fingerprint density at radius 3 is 2.62 bits per heavy atom. The standard InChI is InChI=1S/C19H14BrCl2F3N2O2/c20-9-3-4-10-15(6-9)29-16-8-12(22)11(21)7-14(16)27-5-1-2-13(17(10)27)26-18(28)19(23,24)25/h3-4,6-8,13,17H,1-2,5H2,(H,26,28)/t13-,17-/m1/s1. The summed E-state index contributed by atoms with van der Waals surface area (Å²) in [6, 6.07) is 7.21. The van der Waals surface area contributed by atoms with Crippen LogP contribution in [0.2, 0.25) is 10.0 Å². The second-order valence-electron chi connectivity index (χ2n) is 6.88. The number of hydrogen-bond acceptors (Lipinski definition) is 3. The van der Waals surface area contributed by atoms with Crippen LogP contribution in [0.1, 0.15) is 24.4 Å². The van der Waals surface area contributed by atoms with Gasteiger partial charge in [0.05, 0.1) is 27.8 Å². The van der Waals surface area contributed by atoms with Crippen LogP contribution in [0.15, 0.2) is 34.8 Å². The van der Waals surface area contributed by atoms with Crippen molar-refractivity contribution in [3.05, 3.63) is 50.4 Å². The van der Waals surface area contributed by atoms with Gasteiger partial charge in [-0.15, -0.1) is 0 Å². The number of carbonyl (C=O) groups is 1. The maximum atomic E-state index is 12.9. The molecular formula is C19H14BrCl2F3N2O2. The number of amides is 1. The molecule has 0 spiro atoms. The van der Waals surface area contributed by atoms with Crippen LogP contribution in [0.25, 0.3) is 0 Å². The SMILES string of the molecule is O=C(N[C@@H]1CCCN2c3cc(Cl)c(Cl)cc3Oc3cc(Br)ccc3[C@H]12)C(F)(F)F.